The van der Waals surface area contributed by atoms with Gasteiger partial charge in [0.2, 0.25) is 5.95 Å². The fourth-order valence-electron chi connectivity index (χ4n) is 4.44. The molecular formula is C29H29BrN6O2. The van der Waals surface area contributed by atoms with Crippen LogP contribution in [0, 0.1) is 0 Å². The van der Waals surface area contributed by atoms with Crippen molar-refractivity contribution in [2.45, 2.75) is 45.8 Å². The first-order valence-corrected chi connectivity index (χ1v) is 13.1. The van der Waals surface area contributed by atoms with Gasteiger partial charge in [-0.25, -0.2) is 0 Å². The second kappa shape index (κ2) is 10.4. The first-order valence-electron chi connectivity index (χ1n) is 12.3. The van der Waals surface area contributed by atoms with E-state index in [0.29, 0.717) is 35.3 Å². The van der Waals surface area contributed by atoms with Crippen LogP contribution in [-0.2, 0) is 16.8 Å². The Balaban J connectivity index is 1.50. The summed E-state index contributed by atoms with van der Waals surface area (Å²) in [4.78, 5) is 13.6. The van der Waals surface area contributed by atoms with E-state index in [0.717, 1.165) is 15.6 Å². The SMILES string of the molecule is CC1=C(C(=O)Nc2ccccc2)C(c2cc(Br)ccc2OCc2ccc(C(C)(C)C)cc2)n2nnnc2N1. The molecule has 0 bridgehead atoms. The van der Waals surface area contributed by atoms with Crippen molar-refractivity contribution in [2.24, 2.45) is 0 Å². The Labute approximate surface area is 230 Å². The summed E-state index contributed by atoms with van der Waals surface area (Å²) >= 11 is 3.59. The van der Waals surface area contributed by atoms with Crippen LogP contribution in [0.15, 0.2) is 88.5 Å². The van der Waals surface area contributed by atoms with Crippen molar-refractivity contribution < 1.29 is 9.53 Å². The summed E-state index contributed by atoms with van der Waals surface area (Å²) in [6, 6.07) is 23.0. The van der Waals surface area contributed by atoms with Crippen LogP contribution in [0.3, 0.4) is 0 Å². The monoisotopic (exact) mass is 572 g/mol. The second-order valence-electron chi connectivity index (χ2n) is 10.3. The van der Waals surface area contributed by atoms with Crippen molar-refractivity contribution in [3.05, 3.63) is 105 Å². The van der Waals surface area contributed by atoms with Crippen molar-refractivity contribution >= 4 is 33.5 Å². The number of fused-ring (bicyclic) bond motifs is 1. The van der Waals surface area contributed by atoms with E-state index >= 15 is 0 Å². The minimum atomic E-state index is -0.610. The van der Waals surface area contributed by atoms with Crippen molar-refractivity contribution in [2.75, 3.05) is 10.6 Å². The summed E-state index contributed by atoms with van der Waals surface area (Å²) in [5.41, 5.74) is 5.01. The highest BCUT2D eigenvalue weighted by atomic mass is 79.9. The molecule has 1 unspecified atom stereocenters. The number of anilines is 2. The average Bonchev–Trinajstić information content (AvgIpc) is 3.35. The fraction of sp³-hybridized carbons (Fsp3) is 0.241. The van der Waals surface area contributed by atoms with Crippen molar-refractivity contribution in [1.29, 1.82) is 0 Å². The van der Waals surface area contributed by atoms with E-state index in [4.69, 9.17) is 4.74 Å². The molecule has 0 spiro atoms. The topological polar surface area (TPSA) is 94.0 Å². The molecule has 194 valence electrons. The number of nitrogens with one attached hydrogen (secondary N) is 2. The maximum Gasteiger partial charge on any atom is 0.255 e. The van der Waals surface area contributed by atoms with E-state index in [2.05, 4.69) is 87.1 Å². The zero-order valence-electron chi connectivity index (χ0n) is 21.7. The molecule has 1 atom stereocenters. The zero-order chi connectivity index (χ0) is 26.9. The molecule has 0 saturated heterocycles. The number of rotatable bonds is 6. The van der Waals surface area contributed by atoms with E-state index in [1.807, 2.05) is 55.5 Å². The third kappa shape index (κ3) is 5.33. The number of allylic oxidation sites excluding steroid dienone is 1. The number of nitrogens with zero attached hydrogens (tertiary/aromatic N) is 4. The van der Waals surface area contributed by atoms with Gasteiger partial charge in [-0.3, -0.25) is 4.79 Å². The van der Waals surface area contributed by atoms with Crippen LogP contribution in [0.25, 0.3) is 0 Å². The molecule has 2 N–H and O–H groups in total. The van der Waals surface area contributed by atoms with Crippen LogP contribution < -0.4 is 15.4 Å². The number of carbonyl (C=O) groups excluding carboxylic acids is 1. The molecular weight excluding hydrogens is 544 g/mol. The predicted octanol–water partition coefficient (Wildman–Crippen LogP) is 6.24. The van der Waals surface area contributed by atoms with E-state index in [9.17, 15) is 4.79 Å². The van der Waals surface area contributed by atoms with Gasteiger partial charge in [-0.15, -0.1) is 0 Å². The highest BCUT2D eigenvalue weighted by Crippen LogP contribution is 2.40. The molecule has 1 aromatic heterocycles. The Morgan fingerprint density at radius 3 is 2.53 bits per heavy atom. The number of ether oxygens (including phenoxy) is 1. The number of benzene rings is 3. The van der Waals surface area contributed by atoms with Crippen LogP contribution >= 0.6 is 15.9 Å². The molecule has 5 rings (SSSR count). The number of amides is 1. The van der Waals surface area contributed by atoms with Gasteiger partial charge in [-0.1, -0.05) is 84.3 Å². The summed E-state index contributed by atoms with van der Waals surface area (Å²) in [6.45, 7) is 8.81. The Bertz CT molecular complexity index is 1490. The van der Waals surface area contributed by atoms with E-state index < -0.39 is 6.04 Å². The van der Waals surface area contributed by atoms with Gasteiger partial charge < -0.3 is 15.4 Å². The first kappa shape index (κ1) is 25.7. The van der Waals surface area contributed by atoms with E-state index in [1.165, 1.54) is 5.56 Å². The first-order chi connectivity index (χ1) is 18.2. The molecule has 1 amide bonds. The Morgan fingerprint density at radius 2 is 1.82 bits per heavy atom. The molecule has 0 radical (unpaired) electrons. The summed E-state index contributed by atoms with van der Waals surface area (Å²) in [7, 11) is 0. The quantitative estimate of drug-likeness (QED) is 0.284. The van der Waals surface area contributed by atoms with Crippen LogP contribution in [0.5, 0.6) is 5.75 Å². The Kier molecular flexibility index (Phi) is 7.03. The lowest BCUT2D eigenvalue weighted by atomic mass is 9.87. The molecule has 4 aromatic rings. The smallest absolute Gasteiger partial charge is 0.255 e. The standard InChI is InChI=1S/C29H29BrN6O2/c1-18-25(27(37)32-22-8-6-5-7-9-22)26(36-28(31-18)33-34-35-36)23-16-21(30)14-15-24(23)38-17-19-10-12-20(13-11-19)29(2,3)4/h5-16,26H,17H2,1-4H3,(H,32,37)(H,31,33,35). The third-order valence-corrected chi connectivity index (χ3v) is 6.96. The Hall–Kier alpha value is -3.98. The molecule has 1 aliphatic heterocycles. The molecule has 0 aliphatic carbocycles. The van der Waals surface area contributed by atoms with E-state index in [1.54, 1.807) is 4.68 Å². The van der Waals surface area contributed by atoms with Gasteiger partial charge in [-0.05, 0) is 64.2 Å². The maximum atomic E-state index is 13.6. The highest BCUT2D eigenvalue weighted by molar-refractivity contribution is 9.10. The van der Waals surface area contributed by atoms with Gasteiger partial charge in [0.1, 0.15) is 18.4 Å². The van der Waals surface area contributed by atoms with Gasteiger partial charge in [0.25, 0.3) is 5.91 Å². The molecule has 3 aromatic carbocycles. The minimum absolute atomic E-state index is 0.0811. The van der Waals surface area contributed by atoms with Gasteiger partial charge in [0, 0.05) is 21.4 Å². The molecule has 1 aliphatic rings. The number of hydrogen-bond donors (Lipinski definition) is 2. The highest BCUT2D eigenvalue weighted by Gasteiger charge is 2.36. The third-order valence-electron chi connectivity index (χ3n) is 6.47. The number of aromatic nitrogens is 4. The lowest BCUT2D eigenvalue weighted by molar-refractivity contribution is -0.113. The second-order valence-corrected chi connectivity index (χ2v) is 11.2. The van der Waals surface area contributed by atoms with Gasteiger partial charge in [0.15, 0.2) is 0 Å². The number of hydrogen-bond acceptors (Lipinski definition) is 6. The summed E-state index contributed by atoms with van der Waals surface area (Å²) in [5.74, 6) is 0.836. The molecule has 0 fully saturated rings. The average molecular weight is 573 g/mol. The van der Waals surface area contributed by atoms with Crippen LogP contribution in [0.1, 0.15) is 50.4 Å². The van der Waals surface area contributed by atoms with Crippen LogP contribution in [0.4, 0.5) is 11.6 Å². The maximum absolute atomic E-state index is 13.6. The number of para-hydroxylation sites is 1. The lowest BCUT2D eigenvalue weighted by Gasteiger charge is -2.29. The fourth-order valence-corrected chi connectivity index (χ4v) is 4.82. The molecule has 38 heavy (non-hydrogen) atoms. The summed E-state index contributed by atoms with van der Waals surface area (Å²) in [6.07, 6.45) is 0. The normalized spacial score (nSPS) is 15.0. The van der Waals surface area contributed by atoms with Crippen LogP contribution in [0.2, 0.25) is 0 Å². The van der Waals surface area contributed by atoms with Crippen LogP contribution in [-0.4, -0.2) is 26.1 Å². The number of tetrazole rings is 1. The number of halogens is 1. The Morgan fingerprint density at radius 1 is 1.08 bits per heavy atom. The van der Waals surface area contributed by atoms with Crippen molar-refractivity contribution in [3.63, 3.8) is 0 Å². The molecule has 0 saturated carbocycles. The predicted molar refractivity (Wildman–Crippen MR) is 151 cm³/mol. The zero-order valence-corrected chi connectivity index (χ0v) is 23.3. The van der Waals surface area contributed by atoms with Crippen molar-refractivity contribution in [3.8, 4) is 5.75 Å². The molecule has 2 heterocycles. The number of carbonyl (C=O) groups is 1. The largest absolute Gasteiger partial charge is 0.489 e. The molecule has 8 nitrogen and oxygen atoms in total. The molecule has 9 heteroatoms. The van der Waals surface area contributed by atoms with Crippen molar-refractivity contribution in [1.82, 2.24) is 20.2 Å². The van der Waals surface area contributed by atoms with E-state index in [-0.39, 0.29) is 11.3 Å². The lowest BCUT2D eigenvalue weighted by Crippen LogP contribution is -2.31. The summed E-state index contributed by atoms with van der Waals surface area (Å²) in [5, 5.41) is 18.3. The minimum Gasteiger partial charge on any atom is -0.489 e. The van der Waals surface area contributed by atoms with Gasteiger partial charge >= 0.3 is 0 Å². The van der Waals surface area contributed by atoms with Gasteiger partial charge in [0.05, 0.1) is 5.57 Å². The summed E-state index contributed by atoms with van der Waals surface area (Å²) < 4.78 is 8.81. The van der Waals surface area contributed by atoms with Gasteiger partial charge in [-0.2, -0.15) is 4.68 Å².